The lowest BCUT2D eigenvalue weighted by atomic mass is 10.2. The highest BCUT2D eigenvalue weighted by molar-refractivity contribution is 7.93. The fraction of sp³-hybridized carbons (Fsp3) is 0.286. The fourth-order valence-corrected chi connectivity index (χ4v) is 5.71. The molecular formula is C21H19ClN2O6S. The van der Waals surface area contributed by atoms with Gasteiger partial charge in [0.05, 0.1) is 16.3 Å². The molecule has 0 spiro atoms. The number of amides is 2. The smallest absolute Gasteiger partial charge is 0.338 e. The monoisotopic (exact) mass is 462 g/mol. The van der Waals surface area contributed by atoms with Gasteiger partial charge in [-0.2, -0.15) is 0 Å². The number of fused-ring (bicyclic) bond motifs is 1. The third-order valence-electron chi connectivity index (χ3n) is 5.28. The van der Waals surface area contributed by atoms with Crippen molar-refractivity contribution < 1.29 is 27.5 Å². The van der Waals surface area contributed by atoms with Gasteiger partial charge in [-0.3, -0.25) is 18.8 Å². The Bertz CT molecular complexity index is 1180. The zero-order chi connectivity index (χ0) is 22.2. The molecule has 0 unspecified atom stereocenters. The highest BCUT2D eigenvalue weighted by atomic mass is 35.5. The molecule has 2 aromatic carbocycles. The van der Waals surface area contributed by atoms with Gasteiger partial charge < -0.3 is 4.74 Å². The number of esters is 1. The van der Waals surface area contributed by atoms with Gasteiger partial charge in [0, 0.05) is 19.5 Å². The molecule has 4 rings (SSSR count). The Labute approximate surface area is 184 Å². The van der Waals surface area contributed by atoms with Crippen LogP contribution in [0.5, 0.6) is 0 Å². The first kappa shape index (κ1) is 21.3. The van der Waals surface area contributed by atoms with Crippen molar-refractivity contribution in [2.24, 2.45) is 0 Å². The molecule has 0 aromatic heterocycles. The van der Waals surface area contributed by atoms with Crippen LogP contribution in [-0.4, -0.2) is 50.8 Å². The zero-order valence-corrected chi connectivity index (χ0v) is 18.0. The summed E-state index contributed by atoms with van der Waals surface area (Å²) in [5.41, 5.74) is 1.43. The molecule has 0 N–H and O–H groups in total. The first-order valence-corrected chi connectivity index (χ1v) is 11.5. The van der Waals surface area contributed by atoms with Gasteiger partial charge in [0.2, 0.25) is 5.91 Å². The predicted molar refractivity (Wildman–Crippen MR) is 112 cm³/mol. The van der Waals surface area contributed by atoms with Gasteiger partial charge >= 0.3 is 5.97 Å². The predicted octanol–water partition coefficient (Wildman–Crippen LogP) is 2.40. The molecule has 2 amide bonds. The van der Waals surface area contributed by atoms with E-state index in [1.807, 2.05) is 12.1 Å². The van der Waals surface area contributed by atoms with Crippen molar-refractivity contribution in [2.45, 2.75) is 24.2 Å². The standard InChI is InChI=1S/C21H19ClN2O6S/c22-16-8-7-15(21(27)30-13-20(26)23-10-3-6-19(23)25)12-18(16)31(28,29)24-11-9-14-4-1-2-5-17(14)24/h1-2,4-5,7-8,12H,3,6,9-11,13H2. The van der Waals surface area contributed by atoms with Crippen molar-refractivity contribution in [2.75, 3.05) is 24.0 Å². The summed E-state index contributed by atoms with van der Waals surface area (Å²) >= 11 is 6.16. The summed E-state index contributed by atoms with van der Waals surface area (Å²) < 4.78 is 32.8. The SMILES string of the molecule is O=C(OCC(=O)N1CCCC1=O)c1ccc(Cl)c(S(=O)(=O)N2CCc3ccccc32)c1. The third kappa shape index (κ3) is 4.03. The molecule has 2 heterocycles. The van der Waals surface area contributed by atoms with Crippen LogP contribution in [0, 0.1) is 0 Å². The summed E-state index contributed by atoms with van der Waals surface area (Å²) in [6.07, 6.45) is 1.44. The molecule has 2 aliphatic heterocycles. The van der Waals surface area contributed by atoms with Gasteiger partial charge in [0.25, 0.3) is 15.9 Å². The number of rotatable bonds is 5. The fourth-order valence-electron chi connectivity index (χ4n) is 3.70. The second-order valence-electron chi connectivity index (χ2n) is 7.22. The van der Waals surface area contributed by atoms with Gasteiger partial charge in [0.15, 0.2) is 6.61 Å². The van der Waals surface area contributed by atoms with E-state index in [0.29, 0.717) is 25.1 Å². The summed E-state index contributed by atoms with van der Waals surface area (Å²) in [7, 11) is -4.02. The summed E-state index contributed by atoms with van der Waals surface area (Å²) in [5.74, 6) is -1.78. The van der Waals surface area contributed by atoms with Crippen LogP contribution in [0.15, 0.2) is 47.4 Å². The van der Waals surface area contributed by atoms with Crippen molar-refractivity contribution >= 4 is 45.1 Å². The van der Waals surface area contributed by atoms with E-state index in [1.54, 1.807) is 12.1 Å². The van der Waals surface area contributed by atoms with E-state index in [4.69, 9.17) is 16.3 Å². The van der Waals surface area contributed by atoms with E-state index in [-0.39, 0.29) is 34.4 Å². The summed E-state index contributed by atoms with van der Waals surface area (Å²) in [6, 6.07) is 11.0. The van der Waals surface area contributed by atoms with E-state index in [9.17, 15) is 22.8 Å². The number of carbonyl (C=O) groups is 3. The average molecular weight is 463 g/mol. The van der Waals surface area contributed by atoms with Gasteiger partial charge in [-0.05, 0) is 42.7 Å². The first-order valence-electron chi connectivity index (χ1n) is 9.69. The van der Waals surface area contributed by atoms with E-state index in [1.165, 1.54) is 16.4 Å². The minimum atomic E-state index is -4.02. The Morgan fingerprint density at radius 2 is 1.84 bits per heavy atom. The van der Waals surface area contributed by atoms with Crippen molar-refractivity contribution in [1.82, 2.24) is 4.90 Å². The largest absolute Gasteiger partial charge is 0.452 e. The maximum atomic E-state index is 13.3. The molecule has 8 nitrogen and oxygen atoms in total. The molecule has 1 saturated heterocycles. The lowest BCUT2D eigenvalue weighted by Crippen LogP contribution is -2.35. The van der Waals surface area contributed by atoms with Crippen LogP contribution in [0.2, 0.25) is 5.02 Å². The number of sulfonamides is 1. The maximum absolute atomic E-state index is 13.3. The van der Waals surface area contributed by atoms with E-state index >= 15 is 0 Å². The molecule has 0 radical (unpaired) electrons. The lowest BCUT2D eigenvalue weighted by molar-refractivity contribution is -0.143. The topological polar surface area (TPSA) is 101 Å². The number of carbonyl (C=O) groups excluding carboxylic acids is 3. The maximum Gasteiger partial charge on any atom is 0.338 e. The summed E-state index contributed by atoms with van der Waals surface area (Å²) in [4.78, 5) is 36.9. The molecule has 2 aliphatic rings. The van der Waals surface area contributed by atoms with Crippen LogP contribution in [0.4, 0.5) is 5.69 Å². The third-order valence-corrected chi connectivity index (χ3v) is 7.58. The second kappa shape index (κ2) is 8.32. The van der Waals surface area contributed by atoms with E-state index in [0.717, 1.165) is 16.5 Å². The van der Waals surface area contributed by atoms with Gasteiger partial charge in [-0.15, -0.1) is 0 Å². The van der Waals surface area contributed by atoms with Crippen LogP contribution in [0.3, 0.4) is 0 Å². The Morgan fingerprint density at radius 3 is 2.58 bits per heavy atom. The Balaban J connectivity index is 1.54. The van der Waals surface area contributed by atoms with Gasteiger partial charge in [-0.25, -0.2) is 13.2 Å². The highest BCUT2D eigenvalue weighted by Gasteiger charge is 2.33. The van der Waals surface area contributed by atoms with Crippen LogP contribution in [0.1, 0.15) is 28.8 Å². The van der Waals surface area contributed by atoms with Crippen LogP contribution in [0.25, 0.3) is 0 Å². The number of anilines is 1. The molecule has 0 atom stereocenters. The number of nitrogens with zero attached hydrogens (tertiary/aromatic N) is 2. The normalized spacial score (nSPS) is 15.8. The molecule has 0 aliphatic carbocycles. The second-order valence-corrected chi connectivity index (χ2v) is 9.46. The minimum absolute atomic E-state index is 0.0281. The van der Waals surface area contributed by atoms with Crippen molar-refractivity contribution in [3.8, 4) is 0 Å². The molecule has 31 heavy (non-hydrogen) atoms. The summed E-state index contributed by atoms with van der Waals surface area (Å²) in [6.45, 7) is -0.0320. The van der Waals surface area contributed by atoms with Crippen molar-refractivity contribution in [3.05, 3.63) is 58.6 Å². The zero-order valence-electron chi connectivity index (χ0n) is 16.4. The lowest BCUT2D eigenvalue weighted by Gasteiger charge is -2.20. The van der Waals surface area contributed by atoms with E-state index in [2.05, 4.69) is 0 Å². The molecule has 10 heteroatoms. The quantitative estimate of drug-likeness (QED) is 0.632. The number of likely N-dealkylation sites (tertiary alicyclic amines) is 1. The van der Waals surface area contributed by atoms with Crippen molar-refractivity contribution in [3.63, 3.8) is 0 Å². The minimum Gasteiger partial charge on any atom is -0.452 e. The molecule has 2 aromatic rings. The Hall–Kier alpha value is -2.91. The number of ether oxygens (including phenoxy) is 1. The Morgan fingerprint density at radius 1 is 1.06 bits per heavy atom. The molecule has 0 bridgehead atoms. The highest BCUT2D eigenvalue weighted by Crippen LogP contribution is 2.35. The van der Waals surface area contributed by atoms with Crippen LogP contribution in [-0.2, 0) is 30.8 Å². The number of benzene rings is 2. The molecular weight excluding hydrogens is 444 g/mol. The average Bonchev–Trinajstić information content (AvgIpc) is 3.38. The van der Waals surface area contributed by atoms with E-state index < -0.39 is 28.5 Å². The Kier molecular flexibility index (Phi) is 5.72. The number of hydrogen-bond acceptors (Lipinski definition) is 6. The van der Waals surface area contributed by atoms with Crippen molar-refractivity contribution in [1.29, 1.82) is 0 Å². The molecule has 0 saturated carbocycles. The number of hydrogen-bond donors (Lipinski definition) is 0. The van der Waals surface area contributed by atoms with Crippen LogP contribution >= 0.6 is 11.6 Å². The van der Waals surface area contributed by atoms with Crippen LogP contribution < -0.4 is 4.31 Å². The summed E-state index contributed by atoms with van der Waals surface area (Å²) in [5, 5.41) is -0.0281. The van der Waals surface area contributed by atoms with Gasteiger partial charge in [0.1, 0.15) is 4.90 Å². The molecule has 1 fully saturated rings. The first-order chi connectivity index (χ1) is 14.8. The molecule has 162 valence electrons. The number of halogens is 1. The number of para-hydroxylation sites is 1. The van der Waals surface area contributed by atoms with Gasteiger partial charge in [-0.1, -0.05) is 29.8 Å². The number of imide groups is 1.